The Kier molecular flexibility index (Phi) is 4.95. The number of carbonyl (C=O) groups is 1. The quantitative estimate of drug-likeness (QED) is 0.800. The highest BCUT2D eigenvalue weighted by Crippen LogP contribution is 2.17. The van der Waals surface area contributed by atoms with Gasteiger partial charge in [0.15, 0.2) is 0 Å². The molecule has 0 saturated heterocycles. The summed E-state index contributed by atoms with van der Waals surface area (Å²) >= 11 is 0. The van der Waals surface area contributed by atoms with E-state index in [1.165, 1.54) is 5.56 Å². The van der Waals surface area contributed by atoms with Gasteiger partial charge >= 0.3 is 0 Å². The largest absolute Gasteiger partial charge is 0.398 e. The van der Waals surface area contributed by atoms with Gasteiger partial charge in [-0.1, -0.05) is 43.3 Å². The van der Waals surface area contributed by atoms with Crippen LogP contribution < -0.4 is 11.5 Å². The second-order valence-electron chi connectivity index (χ2n) is 5.07. The normalized spacial score (nSPS) is 10.8. The molecule has 0 atom stereocenters. The van der Waals surface area contributed by atoms with Gasteiger partial charge in [-0.25, -0.2) is 0 Å². The van der Waals surface area contributed by atoms with Gasteiger partial charge < -0.3 is 11.5 Å². The van der Waals surface area contributed by atoms with E-state index in [2.05, 4.69) is 24.0 Å². The van der Waals surface area contributed by atoms with Crippen molar-refractivity contribution in [1.82, 2.24) is 4.90 Å². The van der Waals surface area contributed by atoms with Crippen LogP contribution >= 0.6 is 0 Å². The van der Waals surface area contributed by atoms with Crippen LogP contribution in [0.15, 0.2) is 48.5 Å². The smallest absolute Gasteiger partial charge is 0.248 e. The van der Waals surface area contributed by atoms with Gasteiger partial charge in [0.1, 0.15) is 0 Å². The lowest BCUT2D eigenvalue weighted by molar-refractivity contribution is 0.100. The van der Waals surface area contributed by atoms with Gasteiger partial charge in [-0.3, -0.25) is 9.69 Å². The van der Waals surface area contributed by atoms with Crippen LogP contribution in [0.3, 0.4) is 0 Å². The molecule has 0 aliphatic carbocycles. The first-order valence-corrected chi connectivity index (χ1v) is 7.04. The molecule has 110 valence electrons. The monoisotopic (exact) mass is 283 g/mol. The molecule has 1 amide bonds. The lowest BCUT2D eigenvalue weighted by Gasteiger charge is -2.21. The number of carbonyl (C=O) groups excluding carboxylic acids is 1. The van der Waals surface area contributed by atoms with E-state index < -0.39 is 5.91 Å². The van der Waals surface area contributed by atoms with Gasteiger partial charge in [0.05, 0.1) is 0 Å². The number of anilines is 1. The zero-order valence-corrected chi connectivity index (χ0v) is 12.3. The van der Waals surface area contributed by atoms with Crippen LogP contribution in [-0.4, -0.2) is 17.4 Å². The first kappa shape index (κ1) is 15.1. The van der Waals surface area contributed by atoms with Gasteiger partial charge in [0.2, 0.25) is 5.91 Å². The molecule has 0 fully saturated rings. The maximum absolute atomic E-state index is 11.1. The summed E-state index contributed by atoms with van der Waals surface area (Å²) in [6.45, 7) is 4.66. The van der Waals surface area contributed by atoms with Crippen LogP contribution in [0.4, 0.5) is 5.69 Å². The molecular weight excluding hydrogens is 262 g/mol. The second-order valence-corrected chi connectivity index (χ2v) is 5.07. The Hall–Kier alpha value is -2.33. The van der Waals surface area contributed by atoms with Crippen LogP contribution in [0, 0.1) is 0 Å². The summed E-state index contributed by atoms with van der Waals surface area (Å²) in [5, 5.41) is 0. The SMILES string of the molecule is CCN(Cc1ccccc1)Cc1ccc(C(N)=O)cc1N. The topological polar surface area (TPSA) is 72.3 Å². The Labute approximate surface area is 125 Å². The third-order valence-corrected chi connectivity index (χ3v) is 3.52. The van der Waals surface area contributed by atoms with Crippen molar-refractivity contribution in [3.63, 3.8) is 0 Å². The Morgan fingerprint density at radius 1 is 1.10 bits per heavy atom. The van der Waals surface area contributed by atoms with E-state index in [-0.39, 0.29) is 0 Å². The predicted octanol–water partition coefficient (Wildman–Crippen LogP) is 2.39. The molecule has 4 nitrogen and oxygen atoms in total. The molecule has 0 spiro atoms. The molecule has 0 bridgehead atoms. The predicted molar refractivity (Wildman–Crippen MR) is 85.6 cm³/mol. The molecule has 4 heteroatoms. The van der Waals surface area contributed by atoms with Crippen molar-refractivity contribution in [2.24, 2.45) is 5.73 Å². The minimum absolute atomic E-state index is 0.447. The molecule has 0 saturated carbocycles. The molecule has 0 aliphatic rings. The van der Waals surface area contributed by atoms with Crippen molar-refractivity contribution in [2.75, 3.05) is 12.3 Å². The van der Waals surface area contributed by atoms with Crippen molar-refractivity contribution in [3.05, 3.63) is 65.2 Å². The van der Waals surface area contributed by atoms with Gasteiger partial charge in [-0.2, -0.15) is 0 Å². The summed E-state index contributed by atoms with van der Waals surface area (Å²) in [7, 11) is 0. The molecule has 0 heterocycles. The first-order valence-electron chi connectivity index (χ1n) is 7.04. The van der Waals surface area contributed by atoms with Crippen LogP contribution in [-0.2, 0) is 13.1 Å². The Morgan fingerprint density at radius 2 is 1.81 bits per heavy atom. The van der Waals surface area contributed by atoms with Crippen LogP contribution in [0.2, 0.25) is 0 Å². The minimum Gasteiger partial charge on any atom is -0.398 e. The van der Waals surface area contributed by atoms with E-state index >= 15 is 0 Å². The fourth-order valence-electron chi connectivity index (χ4n) is 2.25. The number of hydrogen-bond acceptors (Lipinski definition) is 3. The molecule has 2 aromatic rings. The summed E-state index contributed by atoms with van der Waals surface area (Å²) in [4.78, 5) is 13.4. The number of amides is 1. The van der Waals surface area contributed by atoms with Crippen molar-refractivity contribution >= 4 is 11.6 Å². The van der Waals surface area contributed by atoms with Gasteiger partial charge in [0.25, 0.3) is 0 Å². The van der Waals surface area contributed by atoms with E-state index in [4.69, 9.17) is 11.5 Å². The fourth-order valence-corrected chi connectivity index (χ4v) is 2.25. The van der Waals surface area contributed by atoms with Crippen molar-refractivity contribution < 1.29 is 4.79 Å². The standard InChI is InChI=1S/C17H21N3O/c1-2-20(11-13-6-4-3-5-7-13)12-15-9-8-14(17(19)21)10-16(15)18/h3-10H,2,11-12,18H2,1H3,(H2,19,21). The molecule has 0 unspecified atom stereocenters. The molecule has 21 heavy (non-hydrogen) atoms. The van der Waals surface area contributed by atoms with Crippen LogP contribution in [0.1, 0.15) is 28.4 Å². The Balaban J connectivity index is 2.10. The maximum atomic E-state index is 11.1. The second kappa shape index (κ2) is 6.90. The lowest BCUT2D eigenvalue weighted by atomic mass is 10.1. The summed E-state index contributed by atoms with van der Waals surface area (Å²) in [5.74, 6) is -0.454. The van der Waals surface area contributed by atoms with E-state index in [1.807, 2.05) is 24.3 Å². The zero-order chi connectivity index (χ0) is 15.2. The maximum Gasteiger partial charge on any atom is 0.248 e. The summed E-state index contributed by atoms with van der Waals surface area (Å²) in [5.41, 5.74) is 14.6. The molecule has 2 aromatic carbocycles. The number of primary amides is 1. The number of nitrogens with two attached hydrogens (primary N) is 2. The highest BCUT2D eigenvalue weighted by molar-refractivity contribution is 5.93. The van der Waals surface area contributed by atoms with Gasteiger partial charge in [-0.05, 0) is 29.8 Å². The third kappa shape index (κ3) is 4.07. The van der Waals surface area contributed by atoms with E-state index in [1.54, 1.807) is 12.1 Å². The van der Waals surface area contributed by atoms with Crippen molar-refractivity contribution in [3.8, 4) is 0 Å². The fraction of sp³-hybridized carbons (Fsp3) is 0.235. The minimum atomic E-state index is -0.454. The van der Waals surface area contributed by atoms with Crippen LogP contribution in [0.25, 0.3) is 0 Å². The average Bonchev–Trinajstić information content (AvgIpc) is 2.49. The Morgan fingerprint density at radius 3 is 2.38 bits per heavy atom. The summed E-state index contributed by atoms with van der Waals surface area (Å²) < 4.78 is 0. The van der Waals surface area contributed by atoms with Crippen molar-refractivity contribution in [2.45, 2.75) is 20.0 Å². The third-order valence-electron chi connectivity index (χ3n) is 3.52. The number of rotatable bonds is 6. The highest BCUT2D eigenvalue weighted by Gasteiger charge is 2.09. The number of nitrogens with zero attached hydrogens (tertiary/aromatic N) is 1. The molecule has 0 radical (unpaired) electrons. The van der Waals surface area contributed by atoms with Crippen LogP contribution in [0.5, 0.6) is 0 Å². The molecule has 4 N–H and O–H groups in total. The lowest BCUT2D eigenvalue weighted by Crippen LogP contribution is -2.23. The first-order chi connectivity index (χ1) is 10.1. The summed E-state index contributed by atoms with van der Waals surface area (Å²) in [6.07, 6.45) is 0. The zero-order valence-electron chi connectivity index (χ0n) is 12.3. The molecule has 0 aromatic heterocycles. The summed E-state index contributed by atoms with van der Waals surface area (Å²) in [6, 6.07) is 15.6. The Bertz CT molecular complexity index is 611. The average molecular weight is 283 g/mol. The molecule has 0 aliphatic heterocycles. The number of hydrogen-bond donors (Lipinski definition) is 2. The van der Waals surface area contributed by atoms with Crippen molar-refractivity contribution in [1.29, 1.82) is 0 Å². The van der Waals surface area contributed by atoms with E-state index in [9.17, 15) is 4.79 Å². The van der Waals surface area contributed by atoms with E-state index in [0.29, 0.717) is 11.3 Å². The van der Waals surface area contributed by atoms with Gasteiger partial charge in [0, 0.05) is 24.3 Å². The number of benzene rings is 2. The molecule has 2 rings (SSSR count). The molecular formula is C17H21N3O. The number of nitrogen functional groups attached to an aromatic ring is 1. The van der Waals surface area contributed by atoms with Gasteiger partial charge in [-0.15, -0.1) is 0 Å². The highest BCUT2D eigenvalue weighted by atomic mass is 16.1. The van der Waals surface area contributed by atoms with E-state index in [0.717, 1.165) is 25.2 Å².